The first-order valence-electron chi connectivity index (χ1n) is 20.5. The predicted octanol–water partition coefficient (Wildman–Crippen LogP) is 17.0. The molecule has 0 saturated heterocycles. The summed E-state index contributed by atoms with van der Waals surface area (Å²) < 4.78 is 2.65. The molecule has 282 valence electrons. The fraction of sp³-hybridized carbons (Fsp3) is 0. The van der Waals surface area contributed by atoms with Crippen LogP contribution < -0.4 is 4.90 Å². The quantitative estimate of drug-likeness (QED) is 0.148. The Bertz CT molecular complexity index is 3270. The minimum Gasteiger partial charge on any atom is -0.311 e. The molecule has 0 aliphatic carbocycles. The van der Waals surface area contributed by atoms with E-state index >= 15 is 0 Å². The lowest BCUT2D eigenvalue weighted by molar-refractivity contribution is 1.28. The maximum Gasteiger partial charge on any atom is 0.0462 e. The predicted molar refractivity (Wildman–Crippen MR) is 259 cm³/mol. The van der Waals surface area contributed by atoms with E-state index in [2.05, 4.69) is 241 Å². The molecule has 0 atom stereocenters. The number of hydrogen-bond donors (Lipinski definition) is 0. The Morgan fingerprint density at radius 3 is 1.32 bits per heavy atom. The van der Waals surface area contributed by atoms with E-state index in [4.69, 9.17) is 0 Å². The number of benzene rings is 10. The Labute approximate surface area is 354 Å². The van der Waals surface area contributed by atoms with Gasteiger partial charge in [0.25, 0.3) is 0 Å². The van der Waals surface area contributed by atoms with E-state index < -0.39 is 0 Å². The van der Waals surface area contributed by atoms with Gasteiger partial charge in [0, 0.05) is 37.2 Å². The number of nitrogens with zero attached hydrogens (tertiary/aromatic N) is 1. The first-order valence-corrected chi connectivity index (χ1v) is 21.3. The summed E-state index contributed by atoms with van der Waals surface area (Å²) in [5.74, 6) is 0. The topological polar surface area (TPSA) is 3.24 Å². The molecule has 0 unspecified atom stereocenters. The lowest BCUT2D eigenvalue weighted by atomic mass is 9.89. The molecule has 0 saturated carbocycles. The zero-order chi connectivity index (χ0) is 39.8. The molecule has 0 spiro atoms. The van der Waals surface area contributed by atoms with E-state index in [9.17, 15) is 0 Å². The third-order valence-corrected chi connectivity index (χ3v) is 13.0. The standard InChI is InChI=1S/C58H39NS/c1-4-15-42(16-5-1)50-24-13-27-54-55-28-14-25-51(58(55)60-57(50)54)44-31-36-48(37-32-44)59(46-21-8-3-9-22-46)47-34-29-40(30-35-47)45-33-38-53(56(39-45)43-17-6-2-7-18-43)52-26-12-20-41-19-10-11-23-49(41)52/h1-39H. The Kier molecular flexibility index (Phi) is 9.11. The minimum absolute atomic E-state index is 1.11. The van der Waals surface area contributed by atoms with Gasteiger partial charge in [-0.25, -0.2) is 0 Å². The second kappa shape index (κ2) is 15.3. The average molecular weight is 782 g/mol. The fourth-order valence-corrected chi connectivity index (χ4v) is 10.2. The van der Waals surface area contributed by atoms with Crippen LogP contribution in [0.1, 0.15) is 0 Å². The van der Waals surface area contributed by atoms with Crippen molar-refractivity contribution in [2.24, 2.45) is 0 Å². The molecule has 11 aromatic rings. The maximum absolute atomic E-state index is 2.36. The zero-order valence-corrected chi connectivity index (χ0v) is 33.7. The lowest BCUT2D eigenvalue weighted by Crippen LogP contribution is -2.09. The molecular formula is C58H39NS. The SMILES string of the molecule is c1ccc(-c2cc(-c3ccc(N(c4ccccc4)c4ccc(-c5cccc6c5sc5c(-c7ccccc7)cccc56)cc4)cc3)ccc2-c2cccc3ccccc23)cc1. The Morgan fingerprint density at radius 1 is 0.250 bits per heavy atom. The molecule has 0 bridgehead atoms. The van der Waals surface area contributed by atoms with E-state index in [0.29, 0.717) is 0 Å². The highest BCUT2D eigenvalue weighted by Crippen LogP contribution is 2.45. The second-order valence-corrected chi connectivity index (χ2v) is 16.3. The van der Waals surface area contributed by atoms with Gasteiger partial charge >= 0.3 is 0 Å². The highest BCUT2D eigenvalue weighted by Gasteiger charge is 2.17. The largest absolute Gasteiger partial charge is 0.311 e. The molecule has 0 aliphatic heterocycles. The normalized spacial score (nSPS) is 11.3. The van der Waals surface area contributed by atoms with Crippen LogP contribution in [-0.4, -0.2) is 0 Å². The summed E-state index contributed by atoms with van der Waals surface area (Å²) in [5.41, 5.74) is 15.6. The lowest BCUT2D eigenvalue weighted by Gasteiger charge is -2.26. The van der Waals surface area contributed by atoms with Crippen molar-refractivity contribution in [3.05, 3.63) is 237 Å². The molecule has 0 radical (unpaired) electrons. The molecule has 1 aromatic heterocycles. The van der Waals surface area contributed by atoms with Gasteiger partial charge in [-0.05, 0) is 109 Å². The van der Waals surface area contributed by atoms with Gasteiger partial charge in [-0.2, -0.15) is 0 Å². The number of para-hydroxylation sites is 1. The maximum atomic E-state index is 2.36. The molecule has 1 heterocycles. The highest BCUT2D eigenvalue weighted by molar-refractivity contribution is 7.26. The van der Waals surface area contributed by atoms with Crippen LogP contribution in [0.15, 0.2) is 237 Å². The van der Waals surface area contributed by atoms with Crippen LogP contribution in [0.3, 0.4) is 0 Å². The highest BCUT2D eigenvalue weighted by atomic mass is 32.1. The number of fused-ring (bicyclic) bond motifs is 4. The molecular weight excluding hydrogens is 743 g/mol. The molecule has 0 N–H and O–H groups in total. The van der Waals surface area contributed by atoms with Gasteiger partial charge in [0.15, 0.2) is 0 Å². The van der Waals surface area contributed by atoms with Crippen molar-refractivity contribution in [1.82, 2.24) is 0 Å². The van der Waals surface area contributed by atoms with Crippen LogP contribution in [0.25, 0.3) is 86.6 Å². The van der Waals surface area contributed by atoms with Crippen LogP contribution in [0, 0.1) is 0 Å². The number of thiophene rings is 1. The van der Waals surface area contributed by atoms with Crippen molar-refractivity contribution in [2.75, 3.05) is 4.90 Å². The fourth-order valence-electron chi connectivity index (χ4n) is 8.79. The minimum atomic E-state index is 1.11. The van der Waals surface area contributed by atoms with Gasteiger partial charge in [-0.1, -0.05) is 194 Å². The van der Waals surface area contributed by atoms with Crippen LogP contribution >= 0.6 is 11.3 Å². The van der Waals surface area contributed by atoms with Gasteiger partial charge in [0.1, 0.15) is 0 Å². The Balaban J connectivity index is 0.954. The molecule has 11 rings (SSSR count). The average Bonchev–Trinajstić information content (AvgIpc) is 3.72. The monoisotopic (exact) mass is 781 g/mol. The van der Waals surface area contributed by atoms with E-state index in [1.165, 1.54) is 86.6 Å². The summed E-state index contributed by atoms with van der Waals surface area (Å²) in [4.78, 5) is 2.35. The zero-order valence-electron chi connectivity index (χ0n) is 32.9. The molecule has 10 aromatic carbocycles. The van der Waals surface area contributed by atoms with E-state index in [1.807, 2.05) is 11.3 Å². The van der Waals surface area contributed by atoms with Gasteiger partial charge in [0.2, 0.25) is 0 Å². The van der Waals surface area contributed by atoms with Crippen molar-refractivity contribution in [1.29, 1.82) is 0 Å². The number of anilines is 3. The van der Waals surface area contributed by atoms with E-state index in [0.717, 1.165) is 17.1 Å². The second-order valence-electron chi connectivity index (χ2n) is 15.3. The molecule has 2 heteroatoms. The third kappa shape index (κ3) is 6.44. The van der Waals surface area contributed by atoms with Crippen LogP contribution in [-0.2, 0) is 0 Å². The van der Waals surface area contributed by atoms with Crippen LogP contribution in [0.4, 0.5) is 17.1 Å². The van der Waals surface area contributed by atoms with Gasteiger partial charge in [-0.15, -0.1) is 11.3 Å². The molecule has 0 fully saturated rings. The first-order chi connectivity index (χ1) is 29.8. The van der Waals surface area contributed by atoms with Gasteiger partial charge in [-0.3, -0.25) is 0 Å². The Hall–Kier alpha value is -7.52. The first kappa shape index (κ1) is 35.6. The smallest absolute Gasteiger partial charge is 0.0462 e. The molecule has 0 aliphatic rings. The van der Waals surface area contributed by atoms with Gasteiger partial charge in [0.05, 0.1) is 0 Å². The van der Waals surface area contributed by atoms with Crippen molar-refractivity contribution >= 4 is 59.3 Å². The van der Waals surface area contributed by atoms with Gasteiger partial charge < -0.3 is 4.90 Å². The van der Waals surface area contributed by atoms with Crippen LogP contribution in [0.5, 0.6) is 0 Å². The summed E-state index contributed by atoms with van der Waals surface area (Å²) in [5, 5.41) is 5.13. The molecule has 60 heavy (non-hydrogen) atoms. The summed E-state index contributed by atoms with van der Waals surface area (Å²) in [6.07, 6.45) is 0. The van der Waals surface area contributed by atoms with Crippen molar-refractivity contribution < 1.29 is 0 Å². The summed E-state index contributed by atoms with van der Waals surface area (Å²) in [6.45, 7) is 0. The summed E-state index contributed by atoms with van der Waals surface area (Å²) in [6, 6.07) is 85.9. The Morgan fingerprint density at radius 2 is 0.683 bits per heavy atom. The third-order valence-electron chi connectivity index (χ3n) is 11.7. The van der Waals surface area contributed by atoms with Crippen molar-refractivity contribution in [3.8, 4) is 55.6 Å². The molecule has 0 amide bonds. The summed E-state index contributed by atoms with van der Waals surface area (Å²) in [7, 11) is 0. The molecule has 1 nitrogen and oxygen atoms in total. The summed E-state index contributed by atoms with van der Waals surface area (Å²) >= 11 is 1.90. The number of hydrogen-bond acceptors (Lipinski definition) is 2. The van der Waals surface area contributed by atoms with Crippen molar-refractivity contribution in [3.63, 3.8) is 0 Å². The van der Waals surface area contributed by atoms with E-state index in [-0.39, 0.29) is 0 Å². The van der Waals surface area contributed by atoms with E-state index in [1.54, 1.807) is 0 Å². The van der Waals surface area contributed by atoms with Crippen LogP contribution in [0.2, 0.25) is 0 Å². The van der Waals surface area contributed by atoms with Crippen molar-refractivity contribution in [2.45, 2.75) is 0 Å². The number of rotatable bonds is 8.